The SMILES string of the molecule is CCc1ccc(NCC(C)CO)cc1. The third-order valence-corrected chi connectivity index (χ3v) is 2.33. The van der Waals surface area contributed by atoms with Gasteiger partial charge in [0.15, 0.2) is 0 Å². The molecule has 0 fully saturated rings. The highest BCUT2D eigenvalue weighted by molar-refractivity contribution is 5.44. The predicted molar refractivity (Wildman–Crippen MR) is 60.6 cm³/mol. The van der Waals surface area contributed by atoms with Crippen LogP contribution in [0.25, 0.3) is 0 Å². The van der Waals surface area contributed by atoms with Crippen LogP contribution in [0.3, 0.4) is 0 Å². The molecule has 0 aliphatic rings. The molecule has 0 heterocycles. The molecule has 0 spiro atoms. The number of aliphatic hydroxyl groups is 1. The van der Waals surface area contributed by atoms with Crippen molar-refractivity contribution in [2.75, 3.05) is 18.5 Å². The summed E-state index contributed by atoms with van der Waals surface area (Å²) in [6.07, 6.45) is 1.08. The zero-order valence-corrected chi connectivity index (χ0v) is 8.96. The first-order valence-corrected chi connectivity index (χ1v) is 5.20. The Hall–Kier alpha value is -1.02. The Morgan fingerprint density at radius 2 is 1.93 bits per heavy atom. The van der Waals surface area contributed by atoms with E-state index in [4.69, 9.17) is 5.11 Å². The van der Waals surface area contributed by atoms with Gasteiger partial charge in [-0.1, -0.05) is 26.0 Å². The molecule has 0 saturated heterocycles. The second-order valence-corrected chi connectivity index (χ2v) is 3.72. The van der Waals surface area contributed by atoms with Crippen LogP contribution in [0, 0.1) is 5.92 Å². The van der Waals surface area contributed by atoms with Gasteiger partial charge in [-0.05, 0) is 30.0 Å². The van der Waals surface area contributed by atoms with Gasteiger partial charge in [0.05, 0.1) is 0 Å². The third kappa shape index (κ3) is 3.38. The molecule has 2 heteroatoms. The highest BCUT2D eigenvalue weighted by Crippen LogP contribution is 2.10. The van der Waals surface area contributed by atoms with Gasteiger partial charge >= 0.3 is 0 Å². The summed E-state index contributed by atoms with van der Waals surface area (Å²) in [6.45, 7) is 5.23. The van der Waals surface area contributed by atoms with E-state index in [1.54, 1.807) is 0 Å². The molecule has 14 heavy (non-hydrogen) atoms. The molecule has 1 aromatic carbocycles. The fourth-order valence-electron chi connectivity index (χ4n) is 1.21. The van der Waals surface area contributed by atoms with E-state index in [0.29, 0.717) is 5.92 Å². The van der Waals surface area contributed by atoms with E-state index in [-0.39, 0.29) is 6.61 Å². The van der Waals surface area contributed by atoms with E-state index in [1.165, 1.54) is 5.56 Å². The van der Waals surface area contributed by atoms with Gasteiger partial charge in [0.2, 0.25) is 0 Å². The second kappa shape index (κ2) is 5.66. The van der Waals surface area contributed by atoms with Crippen molar-refractivity contribution in [3.63, 3.8) is 0 Å². The number of nitrogens with one attached hydrogen (secondary N) is 1. The Morgan fingerprint density at radius 3 is 2.43 bits per heavy atom. The van der Waals surface area contributed by atoms with Crippen molar-refractivity contribution in [1.29, 1.82) is 0 Å². The van der Waals surface area contributed by atoms with E-state index in [1.807, 2.05) is 6.92 Å². The molecule has 1 unspecified atom stereocenters. The molecular weight excluding hydrogens is 174 g/mol. The average molecular weight is 193 g/mol. The van der Waals surface area contributed by atoms with E-state index >= 15 is 0 Å². The molecule has 0 amide bonds. The van der Waals surface area contributed by atoms with Crippen molar-refractivity contribution in [1.82, 2.24) is 0 Å². The standard InChI is InChI=1S/C12H19NO/c1-3-11-4-6-12(7-5-11)13-8-10(2)9-14/h4-7,10,13-14H,3,8-9H2,1-2H3. The Labute approximate surface area is 86.0 Å². The summed E-state index contributed by atoms with van der Waals surface area (Å²) in [6, 6.07) is 8.43. The van der Waals surface area contributed by atoms with Gasteiger partial charge in [-0.15, -0.1) is 0 Å². The predicted octanol–water partition coefficient (Wildman–Crippen LogP) is 2.29. The lowest BCUT2D eigenvalue weighted by molar-refractivity contribution is 0.244. The Morgan fingerprint density at radius 1 is 1.29 bits per heavy atom. The summed E-state index contributed by atoms with van der Waals surface area (Å²) < 4.78 is 0. The van der Waals surface area contributed by atoms with Crippen LogP contribution in [0.2, 0.25) is 0 Å². The third-order valence-electron chi connectivity index (χ3n) is 2.33. The maximum Gasteiger partial charge on any atom is 0.0473 e. The number of hydrogen-bond donors (Lipinski definition) is 2. The van der Waals surface area contributed by atoms with Crippen LogP contribution in [0.1, 0.15) is 19.4 Å². The largest absolute Gasteiger partial charge is 0.396 e. The molecule has 0 radical (unpaired) electrons. The molecule has 78 valence electrons. The van der Waals surface area contributed by atoms with E-state index < -0.39 is 0 Å². The Balaban J connectivity index is 2.43. The van der Waals surface area contributed by atoms with Gasteiger partial charge in [0, 0.05) is 18.8 Å². The quantitative estimate of drug-likeness (QED) is 0.752. The molecule has 1 rings (SSSR count). The summed E-state index contributed by atoms with van der Waals surface area (Å²) in [5.41, 5.74) is 2.48. The molecule has 2 N–H and O–H groups in total. The lowest BCUT2D eigenvalue weighted by Crippen LogP contribution is -2.14. The summed E-state index contributed by atoms with van der Waals surface area (Å²) in [5.74, 6) is 0.306. The first-order chi connectivity index (χ1) is 6.76. The molecular formula is C12H19NO. The first-order valence-electron chi connectivity index (χ1n) is 5.20. The van der Waals surface area contributed by atoms with E-state index in [0.717, 1.165) is 18.7 Å². The maximum absolute atomic E-state index is 8.85. The highest BCUT2D eigenvalue weighted by Gasteiger charge is 1.98. The monoisotopic (exact) mass is 193 g/mol. The minimum Gasteiger partial charge on any atom is -0.396 e. The van der Waals surface area contributed by atoms with Gasteiger partial charge in [-0.3, -0.25) is 0 Å². The number of benzene rings is 1. The van der Waals surface area contributed by atoms with Crippen molar-refractivity contribution in [2.45, 2.75) is 20.3 Å². The van der Waals surface area contributed by atoms with Crippen molar-refractivity contribution < 1.29 is 5.11 Å². The van der Waals surface area contributed by atoms with Crippen molar-refractivity contribution >= 4 is 5.69 Å². The molecule has 0 bridgehead atoms. The molecule has 1 atom stereocenters. The van der Waals surface area contributed by atoms with Crippen LogP contribution >= 0.6 is 0 Å². The topological polar surface area (TPSA) is 32.3 Å². The highest BCUT2D eigenvalue weighted by atomic mass is 16.3. The van der Waals surface area contributed by atoms with Gasteiger partial charge < -0.3 is 10.4 Å². The normalized spacial score (nSPS) is 12.5. The number of hydrogen-bond acceptors (Lipinski definition) is 2. The van der Waals surface area contributed by atoms with Crippen LogP contribution in [0.5, 0.6) is 0 Å². The fourth-order valence-corrected chi connectivity index (χ4v) is 1.21. The molecule has 0 aliphatic heterocycles. The van der Waals surface area contributed by atoms with E-state index in [2.05, 4.69) is 36.5 Å². The first kappa shape index (κ1) is 11.1. The van der Waals surface area contributed by atoms with Crippen LogP contribution in [0.4, 0.5) is 5.69 Å². The molecule has 0 aromatic heterocycles. The summed E-state index contributed by atoms with van der Waals surface area (Å²) >= 11 is 0. The Bertz CT molecular complexity index is 256. The molecule has 0 saturated carbocycles. The fraction of sp³-hybridized carbons (Fsp3) is 0.500. The van der Waals surface area contributed by atoms with Gasteiger partial charge in [-0.2, -0.15) is 0 Å². The van der Waals surface area contributed by atoms with Crippen LogP contribution in [-0.2, 0) is 6.42 Å². The zero-order valence-electron chi connectivity index (χ0n) is 8.96. The van der Waals surface area contributed by atoms with Gasteiger partial charge in [0.1, 0.15) is 0 Å². The minimum absolute atomic E-state index is 0.236. The van der Waals surface area contributed by atoms with Crippen molar-refractivity contribution in [3.8, 4) is 0 Å². The van der Waals surface area contributed by atoms with E-state index in [9.17, 15) is 0 Å². The number of rotatable bonds is 5. The summed E-state index contributed by atoms with van der Waals surface area (Å²) in [4.78, 5) is 0. The molecule has 2 nitrogen and oxygen atoms in total. The number of anilines is 1. The van der Waals surface area contributed by atoms with Crippen LogP contribution < -0.4 is 5.32 Å². The number of aryl methyl sites for hydroxylation is 1. The van der Waals surface area contributed by atoms with Crippen molar-refractivity contribution in [2.24, 2.45) is 5.92 Å². The number of aliphatic hydroxyl groups excluding tert-OH is 1. The van der Waals surface area contributed by atoms with Crippen LogP contribution in [0.15, 0.2) is 24.3 Å². The minimum atomic E-state index is 0.236. The lowest BCUT2D eigenvalue weighted by Gasteiger charge is -2.10. The Kier molecular flexibility index (Phi) is 4.47. The van der Waals surface area contributed by atoms with Crippen molar-refractivity contribution in [3.05, 3.63) is 29.8 Å². The molecule has 1 aromatic rings. The smallest absolute Gasteiger partial charge is 0.0473 e. The summed E-state index contributed by atoms with van der Waals surface area (Å²) in [5, 5.41) is 12.1. The lowest BCUT2D eigenvalue weighted by atomic mass is 10.1. The second-order valence-electron chi connectivity index (χ2n) is 3.72. The summed E-state index contributed by atoms with van der Waals surface area (Å²) in [7, 11) is 0. The van der Waals surface area contributed by atoms with Gasteiger partial charge in [0.25, 0.3) is 0 Å². The maximum atomic E-state index is 8.85. The average Bonchev–Trinajstić information content (AvgIpc) is 2.26. The van der Waals surface area contributed by atoms with Gasteiger partial charge in [-0.25, -0.2) is 0 Å². The molecule has 0 aliphatic carbocycles. The zero-order chi connectivity index (χ0) is 10.4. The van der Waals surface area contributed by atoms with Crippen LogP contribution in [-0.4, -0.2) is 18.3 Å².